The number of aryl methyl sites for hydroxylation is 1. The molecule has 1 aromatic rings. The molecule has 5 heteroatoms. The molecule has 0 unspecified atom stereocenters. The quantitative estimate of drug-likeness (QED) is 0.619. The van der Waals surface area contributed by atoms with E-state index in [1.807, 2.05) is 13.8 Å². The Labute approximate surface area is 112 Å². The lowest BCUT2D eigenvalue weighted by Crippen LogP contribution is -2.24. The number of likely N-dealkylation sites (N-methyl/N-ethyl adjacent to an activating group) is 1. The van der Waals surface area contributed by atoms with Gasteiger partial charge in [0, 0.05) is 13.1 Å². The second kappa shape index (κ2) is 6.22. The van der Waals surface area contributed by atoms with Gasteiger partial charge in [-0.2, -0.15) is 0 Å². The summed E-state index contributed by atoms with van der Waals surface area (Å²) in [4.78, 5) is 24.7. The van der Waals surface area contributed by atoms with E-state index in [-0.39, 0.29) is 5.91 Å². The molecule has 0 aromatic carbocycles. The van der Waals surface area contributed by atoms with E-state index in [1.54, 1.807) is 26.1 Å². The number of hydrogen-bond acceptors (Lipinski definition) is 4. The second-order valence-electron chi connectivity index (χ2n) is 4.59. The molecule has 0 bridgehead atoms. The van der Waals surface area contributed by atoms with Crippen LogP contribution in [0.4, 0.5) is 0 Å². The summed E-state index contributed by atoms with van der Waals surface area (Å²) in [6, 6.07) is 1.60. The van der Waals surface area contributed by atoms with Crippen molar-refractivity contribution in [1.82, 2.24) is 4.90 Å². The standard InChI is InChI=1S/C14H19NO4/c1-9(2)6-13(16)15(4)8-11-7-12(10(3)19-11)14(17)18-5/h6-7H,8H2,1-5H3. The number of nitrogens with zero attached hydrogens (tertiary/aromatic N) is 1. The minimum absolute atomic E-state index is 0.103. The van der Waals surface area contributed by atoms with Crippen molar-refractivity contribution in [2.24, 2.45) is 0 Å². The van der Waals surface area contributed by atoms with E-state index < -0.39 is 5.97 Å². The van der Waals surface area contributed by atoms with Crippen LogP contribution in [0, 0.1) is 6.92 Å². The normalized spacial score (nSPS) is 9.95. The molecule has 0 atom stereocenters. The van der Waals surface area contributed by atoms with E-state index in [9.17, 15) is 9.59 Å². The third-order valence-electron chi connectivity index (χ3n) is 2.56. The first-order valence-electron chi connectivity index (χ1n) is 5.92. The SMILES string of the molecule is COC(=O)c1cc(CN(C)C(=O)C=C(C)C)oc1C. The zero-order valence-corrected chi connectivity index (χ0v) is 11.9. The number of furan rings is 1. The Morgan fingerprint density at radius 1 is 1.42 bits per heavy atom. The van der Waals surface area contributed by atoms with Crippen molar-refractivity contribution in [3.63, 3.8) is 0 Å². The molecule has 0 spiro atoms. The van der Waals surface area contributed by atoms with Crippen LogP contribution < -0.4 is 0 Å². The van der Waals surface area contributed by atoms with Crippen LogP contribution in [-0.2, 0) is 16.1 Å². The Kier molecular flexibility index (Phi) is 4.92. The highest BCUT2D eigenvalue weighted by Crippen LogP contribution is 2.17. The number of rotatable bonds is 4. The van der Waals surface area contributed by atoms with Gasteiger partial charge in [0.25, 0.3) is 0 Å². The predicted octanol–water partition coefficient (Wildman–Crippen LogP) is 2.30. The number of carbonyl (C=O) groups excluding carboxylic acids is 2. The van der Waals surface area contributed by atoms with Gasteiger partial charge < -0.3 is 14.1 Å². The fourth-order valence-corrected chi connectivity index (χ4v) is 1.60. The first kappa shape index (κ1) is 15.0. The molecule has 1 heterocycles. The average molecular weight is 265 g/mol. The van der Waals surface area contributed by atoms with Crippen LogP contribution in [0.25, 0.3) is 0 Å². The summed E-state index contributed by atoms with van der Waals surface area (Å²) in [5.41, 5.74) is 1.32. The molecule has 1 rings (SSSR count). The highest BCUT2D eigenvalue weighted by atomic mass is 16.5. The van der Waals surface area contributed by atoms with Crippen molar-refractivity contribution in [3.8, 4) is 0 Å². The molecule has 0 aliphatic carbocycles. The minimum Gasteiger partial charge on any atom is -0.465 e. The van der Waals surface area contributed by atoms with Crippen LogP contribution in [0.3, 0.4) is 0 Å². The molecule has 0 saturated heterocycles. The largest absolute Gasteiger partial charge is 0.465 e. The lowest BCUT2D eigenvalue weighted by molar-refractivity contribution is -0.125. The first-order chi connectivity index (χ1) is 8.85. The number of carbonyl (C=O) groups is 2. The third kappa shape index (κ3) is 3.98. The molecule has 0 aliphatic heterocycles. The molecule has 104 valence electrons. The van der Waals surface area contributed by atoms with E-state index >= 15 is 0 Å². The molecule has 0 N–H and O–H groups in total. The Morgan fingerprint density at radius 2 is 2.05 bits per heavy atom. The first-order valence-corrected chi connectivity index (χ1v) is 5.92. The Hall–Kier alpha value is -2.04. The molecule has 19 heavy (non-hydrogen) atoms. The fourth-order valence-electron chi connectivity index (χ4n) is 1.60. The van der Waals surface area contributed by atoms with Crippen molar-refractivity contribution in [2.45, 2.75) is 27.3 Å². The van der Waals surface area contributed by atoms with Crippen LogP contribution in [0.1, 0.15) is 35.7 Å². The summed E-state index contributed by atoms with van der Waals surface area (Å²) < 4.78 is 10.1. The van der Waals surface area contributed by atoms with E-state index in [0.29, 0.717) is 23.6 Å². The zero-order valence-electron chi connectivity index (χ0n) is 11.9. The van der Waals surface area contributed by atoms with Crippen molar-refractivity contribution in [1.29, 1.82) is 0 Å². The summed E-state index contributed by atoms with van der Waals surface area (Å²) in [6.07, 6.45) is 1.55. The topological polar surface area (TPSA) is 59.8 Å². The monoisotopic (exact) mass is 265 g/mol. The lowest BCUT2D eigenvalue weighted by atomic mass is 10.2. The highest BCUT2D eigenvalue weighted by molar-refractivity contribution is 5.90. The van der Waals surface area contributed by atoms with Crippen molar-refractivity contribution in [3.05, 3.63) is 34.8 Å². The van der Waals surface area contributed by atoms with E-state index in [2.05, 4.69) is 4.74 Å². The van der Waals surface area contributed by atoms with Crippen LogP contribution in [0.2, 0.25) is 0 Å². The van der Waals surface area contributed by atoms with Gasteiger partial charge in [0.15, 0.2) is 0 Å². The highest BCUT2D eigenvalue weighted by Gasteiger charge is 2.17. The van der Waals surface area contributed by atoms with Crippen molar-refractivity contribution in [2.75, 3.05) is 14.2 Å². The summed E-state index contributed by atoms with van der Waals surface area (Å²) in [5.74, 6) is 0.500. The number of ether oxygens (including phenoxy) is 1. The van der Waals surface area contributed by atoms with E-state index in [0.717, 1.165) is 5.57 Å². The van der Waals surface area contributed by atoms with Crippen LogP contribution in [0.5, 0.6) is 0 Å². The smallest absolute Gasteiger partial charge is 0.341 e. The van der Waals surface area contributed by atoms with Crippen LogP contribution in [-0.4, -0.2) is 30.9 Å². The Balaban J connectivity index is 2.81. The molecule has 0 radical (unpaired) electrons. The molecule has 0 fully saturated rings. The second-order valence-corrected chi connectivity index (χ2v) is 4.59. The molecule has 1 aromatic heterocycles. The van der Waals surface area contributed by atoms with Gasteiger partial charge in [-0.25, -0.2) is 4.79 Å². The molecule has 5 nitrogen and oxygen atoms in total. The average Bonchev–Trinajstić information content (AvgIpc) is 2.68. The van der Waals surface area contributed by atoms with E-state index in [4.69, 9.17) is 4.42 Å². The third-order valence-corrected chi connectivity index (χ3v) is 2.56. The number of allylic oxidation sites excluding steroid dienone is 1. The van der Waals surface area contributed by atoms with Gasteiger partial charge in [-0.05, 0) is 26.8 Å². The Morgan fingerprint density at radius 3 is 2.58 bits per heavy atom. The van der Waals surface area contributed by atoms with Gasteiger partial charge in [0.05, 0.1) is 13.7 Å². The number of methoxy groups -OCH3 is 1. The molecular weight excluding hydrogens is 246 g/mol. The zero-order chi connectivity index (χ0) is 14.6. The van der Waals surface area contributed by atoms with Gasteiger partial charge in [-0.3, -0.25) is 4.79 Å². The van der Waals surface area contributed by atoms with Gasteiger partial charge >= 0.3 is 5.97 Å². The number of esters is 1. The van der Waals surface area contributed by atoms with Crippen LogP contribution >= 0.6 is 0 Å². The van der Waals surface area contributed by atoms with E-state index in [1.165, 1.54) is 12.0 Å². The maximum Gasteiger partial charge on any atom is 0.341 e. The molecular formula is C14H19NO4. The number of hydrogen-bond donors (Lipinski definition) is 0. The van der Waals surface area contributed by atoms with Gasteiger partial charge in [0.1, 0.15) is 17.1 Å². The molecule has 0 aliphatic rings. The maximum atomic E-state index is 11.8. The van der Waals surface area contributed by atoms with Gasteiger partial charge in [0.2, 0.25) is 5.91 Å². The van der Waals surface area contributed by atoms with Crippen molar-refractivity contribution >= 4 is 11.9 Å². The summed E-state index contributed by atoms with van der Waals surface area (Å²) in [5, 5.41) is 0. The lowest BCUT2D eigenvalue weighted by Gasteiger charge is -2.13. The fraction of sp³-hybridized carbons (Fsp3) is 0.429. The summed E-state index contributed by atoms with van der Waals surface area (Å²) in [7, 11) is 3.00. The summed E-state index contributed by atoms with van der Waals surface area (Å²) in [6.45, 7) is 5.71. The predicted molar refractivity (Wildman–Crippen MR) is 70.7 cm³/mol. The molecule has 0 saturated carbocycles. The maximum absolute atomic E-state index is 11.8. The Bertz CT molecular complexity index is 510. The minimum atomic E-state index is -0.439. The summed E-state index contributed by atoms with van der Waals surface area (Å²) >= 11 is 0. The van der Waals surface area contributed by atoms with Gasteiger partial charge in [-0.15, -0.1) is 0 Å². The van der Waals surface area contributed by atoms with Crippen LogP contribution in [0.15, 0.2) is 22.1 Å². The van der Waals surface area contributed by atoms with Crippen molar-refractivity contribution < 1.29 is 18.7 Å². The molecule has 1 amide bonds. The van der Waals surface area contributed by atoms with Gasteiger partial charge in [-0.1, -0.05) is 5.57 Å². The number of amides is 1.